The van der Waals surface area contributed by atoms with Crippen LogP contribution in [0.5, 0.6) is 5.75 Å². The molecule has 0 atom stereocenters. The number of hydrogen-bond donors (Lipinski definition) is 1. The Kier molecular flexibility index (Phi) is 3.92. The third kappa shape index (κ3) is 3.01. The first kappa shape index (κ1) is 11.0. The fraction of sp³-hybridized carbons (Fsp3) is 0.200. The molecule has 0 bridgehead atoms. The molecule has 0 spiro atoms. The van der Waals surface area contributed by atoms with E-state index in [1.807, 2.05) is 0 Å². The van der Waals surface area contributed by atoms with Crippen LogP contribution in [-0.4, -0.2) is 13.2 Å². The molecule has 0 unspecified atom stereocenters. The van der Waals surface area contributed by atoms with Crippen molar-refractivity contribution in [3.63, 3.8) is 0 Å². The molecule has 0 aliphatic rings. The molecule has 2 nitrogen and oxygen atoms in total. The summed E-state index contributed by atoms with van der Waals surface area (Å²) in [6, 6.07) is 4.26. The summed E-state index contributed by atoms with van der Waals surface area (Å²) in [7, 11) is 0. The molecule has 1 aromatic carbocycles. The lowest BCUT2D eigenvalue weighted by Gasteiger charge is -2.07. The standard InChI is InChI=1S/C10H11ClFNO/c1-7(5-13)6-14-8-2-3-9(11)10(12)4-8/h2-4H,1,5-6,13H2. The van der Waals surface area contributed by atoms with E-state index in [0.717, 1.165) is 5.57 Å². The number of nitrogens with two attached hydrogens (primary N) is 1. The van der Waals surface area contributed by atoms with Crippen LogP contribution in [0, 0.1) is 5.82 Å². The van der Waals surface area contributed by atoms with Crippen molar-refractivity contribution in [1.82, 2.24) is 0 Å². The summed E-state index contributed by atoms with van der Waals surface area (Å²) in [5.74, 6) is -0.0796. The van der Waals surface area contributed by atoms with Crippen molar-refractivity contribution in [3.05, 3.63) is 41.2 Å². The number of hydrogen-bond acceptors (Lipinski definition) is 2. The quantitative estimate of drug-likeness (QED) is 0.783. The summed E-state index contributed by atoms with van der Waals surface area (Å²) in [4.78, 5) is 0. The molecule has 0 saturated carbocycles. The number of benzene rings is 1. The molecular formula is C10H11ClFNO. The Bertz CT molecular complexity index is 341. The lowest BCUT2D eigenvalue weighted by atomic mass is 10.3. The van der Waals surface area contributed by atoms with Crippen molar-refractivity contribution in [2.24, 2.45) is 5.73 Å². The van der Waals surface area contributed by atoms with Crippen molar-refractivity contribution in [1.29, 1.82) is 0 Å². The van der Waals surface area contributed by atoms with Crippen LogP contribution < -0.4 is 10.5 Å². The van der Waals surface area contributed by atoms with Gasteiger partial charge in [-0.3, -0.25) is 0 Å². The maximum atomic E-state index is 12.9. The second-order valence-electron chi connectivity index (χ2n) is 2.82. The minimum Gasteiger partial charge on any atom is -0.489 e. The van der Waals surface area contributed by atoms with Crippen LogP contribution >= 0.6 is 11.6 Å². The summed E-state index contributed by atoms with van der Waals surface area (Å²) in [5, 5.41) is 0.0787. The summed E-state index contributed by atoms with van der Waals surface area (Å²) in [5.41, 5.74) is 6.07. The maximum absolute atomic E-state index is 12.9. The second kappa shape index (κ2) is 4.98. The molecule has 0 saturated heterocycles. The van der Waals surface area contributed by atoms with Crippen LogP contribution in [0.25, 0.3) is 0 Å². The topological polar surface area (TPSA) is 35.2 Å². The minimum absolute atomic E-state index is 0.0787. The highest BCUT2D eigenvalue weighted by atomic mass is 35.5. The fourth-order valence-corrected chi connectivity index (χ4v) is 0.929. The van der Waals surface area contributed by atoms with Gasteiger partial charge in [-0.05, 0) is 17.7 Å². The molecule has 76 valence electrons. The van der Waals surface area contributed by atoms with Gasteiger partial charge in [-0.2, -0.15) is 0 Å². The zero-order valence-electron chi connectivity index (χ0n) is 7.59. The van der Waals surface area contributed by atoms with Crippen LogP contribution in [-0.2, 0) is 0 Å². The first-order valence-corrected chi connectivity index (χ1v) is 4.46. The molecule has 0 fully saturated rings. The normalized spacial score (nSPS) is 9.93. The summed E-state index contributed by atoms with van der Waals surface area (Å²) >= 11 is 5.50. The summed E-state index contributed by atoms with van der Waals surface area (Å²) in [6.45, 7) is 4.30. The van der Waals surface area contributed by atoms with Crippen LogP contribution in [0.15, 0.2) is 30.4 Å². The lowest BCUT2D eigenvalue weighted by Crippen LogP contribution is -2.09. The van der Waals surface area contributed by atoms with E-state index >= 15 is 0 Å². The van der Waals surface area contributed by atoms with Crippen molar-refractivity contribution in [2.75, 3.05) is 13.2 Å². The van der Waals surface area contributed by atoms with Crippen molar-refractivity contribution < 1.29 is 9.13 Å². The van der Waals surface area contributed by atoms with E-state index in [4.69, 9.17) is 22.1 Å². The third-order valence-electron chi connectivity index (χ3n) is 1.62. The molecule has 0 aromatic heterocycles. The van der Waals surface area contributed by atoms with Gasteiger partial charge < -0.3 is 10.5 Å². The predicted octanol–water partition coefficient (Wildman–Crippen LogP) is 2.37. The van der Waals surface area contributed by atoms with Crippen LogP contribution in [0.1, 0.15) is 0 Å². The largest absolute Gasteiger partial charge is 0.489 e. The Morgan fingerprint density at radius 3 is 2.86 bits per heavy atom. The van der Waals surface area contributed by atoms with Gasteiger partial charge in [0.2, 0.25) is 0 Å². The lowest BCUT2D eigenvalue weighted by molar-refractivity contribution is 0.349. The van der Waals surface area contributed by atoms with Gasteiger partial charge in [0.25, 0.3) is 0 Å². The van der Waals surface area contributed by atoms with Gasteiger partial charge >= 0.3 is 0 Å². The van der Waals surface area contributed by atoms with Crippen LogP contribution in [0.4, 0.5) is 4.39 Å². The Morgan fingerprint density at radius 2 is 2.29 bits per heavy atom. The molecule has 0 amide bonds. The van der Waals surface area contributed by atoms with E-state index in [2.05, 4.69) is 6.58 Å². The fourth-order valence-electron chi connectivity index (χ4n) is 0.811. The van der Waals surface area contributed by atoms with Gasteiger partial charge in [0.1, 0.15) is 18.2 Å². The van der Waals surface area contributed by atoms with E-state index in [0.29, 0.717) is 12.3 Å². The van der Waals surface area contributed by atoms with E-state index in [1.165, 1.54) is 12.1 Å². The van der Waals surface area contributed by atoms with Gasteiger partial charge in [0.15, 0.2) is 0 Å². The molecule has 1 rings (SSSR count). The molecule has 0 heterocycles. The maximum Gasteiger partial charge on any atom is 0.145 e. The highest BCUT2D eigenvalue weighted by Gasteiger charge is 2.01. The molecule has 2 N–H and O–H groups in total. The zero-order chi connectivity index (χ0) is 10.6. The predicted molar refractivity (Wildman–Crippen MR) is 55.1 cm³/mol. The highest BCUT2D eigenvalue weighted by molar-refractivity contribution is 6.30. The highest BCUT2D eigenvalue weighted by Crippen LogP contribution is 2.20. The Balaban J connectivity index is 2.60. The summed E-state index contributed by atoms with van der Waals surface area (Å²) < 4.78 is 18.1. The van der Waals surface area contributed by atoms with E-state index in [-0.39, 0.29) is 11.6 Å². The smallest absolute Gasteiger partial charge is 0.145 e. The molecule has 14 heavy (non-hydrogen) atoms. The third-order valence-corrected chi connectivity index (χ3v) is 1.93. The van der Waals surface area contributed by atoms with Gasteiger partial charge in [0, 0.05) is 12.6 Å². The van der Waals surface area contributed by atoms with Crippen molar-refractivity contribution >= 4 is 11.6 Å². The van der Waals surface area contributed by atoms with Gasteiger partial charge in [0.05, 0.1) is 5.02 Å². The van der Waals surface area contributed by atoms with Gasteiger partial charge in [-0.25, -0.2) is 4.39 Å². The van der Waals surface area contributed by atoms with Gasteiger partial charge in [-0.1, -0.05) is 18.2 Å². The van der Waals surface area contributed by atoms with Crippen molar-refractivity contribution in [3.8, 4) is 5.75 Å². The molecule has 4 heteroatoms. The SMILES string of the molecule is C=C(CN)COc1ccc(Cl)c(F)c1. The van der Waals surface area contributed by atoms with Gasteiger partial charge in [-0.15, -0.1) is 0 Å². The monoisotopic (exact) mass is 215 g/mol. The molecule has 0 aliphatic carbocycles. The second-order valence-corrected chi connectivity index (χ2v) is 3.23. The van der Waals surface area contributed by atoms with E-state index in [9.17, 15) is 4.39 Å². The number of rotatable bonds is 4. The van der Waals surface area contributed by atoms with E-state index < -0.39 is 5.82 Å². The molecular weight excluding hydrogens is 205 g/mol. The first-order valence-electron chi connectivity index (χ1n) is 4.08. The first-order chi connectivity index (χ1) is 6.63. The average molecular weight is 216 g/mol. The Labute approximate surface area is 87.1 Å². The average Bonchev–Trinajstić information content (AvgIpc) is 2.19. The molecule has 0 aliphatic heterocycles. The minimum atomic E-state index is -0.498. The summed E-state index contributed by atoms with van der Waals surface area (Å²) in [6.07, 6.45) is 0. The number of ether oxygens (including phenoxy) is 1. The molecule has 0 radical (unpaired) electrons. The molecule has 1 aromatic rings. The van der Waals surface area contributed by atoms with Crippen molar-refractivity contribution in [2.45, 2.75) is 0 Å². The number of halogens is 2. The zero-order valence-corrected chi connectivity index (χ0v) is 8.35. The van der Waals surface area contributed by atoms with E-state index in [1.54, 1.807) is 6.07 Å². The van der Waals surface area contributed by atoms with Crippen LogP contribution in [0.3, 0.4) is 0 Å². The Morgan fingerprint density at radius 1 is 1.57 bits per heavy atom. The van der Waals surface area contributed by atoms with Crippen LogP contribution in [0.2, 0.25) is 5.02 Å². The Hall–Kier alpha value is -1.06.